The Morgan fingerprint density at radius 3 is 2.76 bits per heavy atom. The summed E-state index contributed by atoms with van der Waals surface area (Å²) in [4.78, 5) is 14.6. The van der Waals surface area contributed by atoms with Crippen LogP contribution < -0.4 is 5.56 Å². The molecule has 0 aliphatic carbocycles. The summed E-state index contributed by atoms with van der Waals surface area (Å²) in [5.74, 6) is -0.711. The SMILES string of the molecule is N#Cc1cnn2c(O)c(Cc3ccc(F)cc3)c(=O)[nH]c12. The van der Waals surface area contributed by atoms with Gasteiger partial charge in [-0.15, -0.1) is 0 Å². The monoisotopic (exact) mass is 284 g/mol. The third-order valence-corrected chi connectivity index (χ3v) is 3.16. The fraction of sp³-hybridized carbons (Fsp3) is 0.0714. The first-order valence-electron chi connectivity index (χ1n) is 6.06. The summed E-state index contributed by atoms with van der Waals surface area (Å²) in [6.07, 6.45) is 1.38. The number of nitriles is 1. The predicted molar refractivity (Wildman–Crippen MR) is 71.4 cm³/mol. The number of nitrogens with zero attached hydrogens (tertiary/aromatic N) is 3. The second kappa shape index (κ2) is 4.76. The average Bonchev–Trinajstić information content (AvgIpc) is 2.88. The van der Waals surface area contributed by atoms with Gasteiger partial charge in [-0.3, -0.25) is 4.79 Å². The number of hydrogen-bond acceptors (Lipinski definition) is 4. The van der Waals surface area contributed by atoms with Crippen molar-refractivity contribution in [3.8, 4) is 11.9 Å². The average molecular weight is 284 g/mol. The first kappa shape index (κ1) is 12.9. The first-order chi connectivity index (χ1) is 10.1. The van der Waals surface area contributed by atoms with E-state index in [-0.39, 0.29) is 34.9 Å². The van der Waals surface area contributed by atoms with E-state index in [1.165, 1.54) is 30.5 Å². The number of rotatable bonds is 2. The second-order valence-corrected chi connectivity index (χ2v) is 4.49. The van der Waals surface area contributed by atoms with Crippen molar-refractivity contribution in [3.63, 3.8) is 0 Å². The van der Waals surface area contributed by atoms with Gasteiger partial charge < -0.3 is 10.1 Å². The highest BCUT2D eigenvalue weighted by atomic mass is 19.1. The lowest BCUT2D eigenvalue weighted by Crippen LogP contribution is -2.16. The summed E-state index contributed by atoms with van der Waals surface area (Å²) in [5.41, 5.74) is 0.561. The Hall–Kier alpha value is -3.14. The Balaban J connectivity index is 2.13. The molecule has 7 heteroatoms. The van der Waals surface area contributed by atoms with E-state index in [0.717, 1.165) is 4.52 Å². The molecule has 3 aromatic rings. The lowest BCUT2D eigenvalue weighted by molar-refractivity contribution is 0.427. The van der Waals surface area contributed by atoms with E-state index in [4.69, 9.17) is 5.26 Å². The summed E-state index contributed by atoms with van der Waals surface area (Å²) in [6.45, 7) is 0. The van der Waals surface area contributed by atoms with Gasteiger partial charge in [-0.05, 0) is 17.7 Å². The highest BCUT2D eigenvalue weighted by molar-refractivity contribution is 5.55. The maximum atomic E-state index is 12.9. The van der Waals surface area contributed by atoms with Crippen LogP contribution in [0.5, 0.6) is 5.88 Å². The van der Waals surface area contributed by atoms with Gasteiger partial charge in [0.05, 0.1) is 11.8 Å². The minimum absolute atomic E-state index is 0.0988. The van der Waals surface area contributed by atoms with Gasteiger partial charge in [-0.1, -0.05) is 12.1 Å². The minimum atomic E-state index is -0.513. The lowest BCUT2D eigenvalue weighted by atomic mass is 10.1. The summed E-state index contributed by atoms with van der Waals surface area (Å²) >= 11 is 0. The largest absolute Gasteiger partial charge is 0.493 e. The Kier molecular flexibility index (Phi) is 2.92. The molecule has 2 heterocycles. The Morgan fingerprint density at radius 1 is 1.38 bits per heavy atom. The van der Waals surface area contributed by atoms with E-state index in [1.54, 1.807) is 0 Å². The van der Waals surface area contributed by atoms with Crippen molar-refractivity contribution in [2.24, 2.45) is 0 Å². The number of aromatic amines is 1. The molecule has 104 valence electrons. The van der Waals surface area contributed by atoms with Gasteiger partial charge in [-0.25, -0.2) is 4.39 Å². The molecule has 0 bridgehead atoms. The molecule has 0 saturated heterocycles. The summed E-state index contributed by atoms with van der Waals surface area (Å²) in [5, 5.41) is 22.9. The molecule has 0 unspecified atom stereocenters. The molecule has 6 nitrogen and oxygen atoms in total. The maximum Gasteiger partial charge on any atom is 0.258 e. The molecule has 3 rings (SSSR count). The molecular weight excluding hydrogens is 275 g/mol. The number of aromatic nitrogens is 3. The lowest BCUT2D eigenvalue weighted by Gasteiger charge is -2.06. The number of aromatic hydroxyl groups is 1. The predicted octanol–water partition coefficient (Wildman–Crippen LogP) is 1.33. The number of benzene rings is 1. The van der Waals surface area contributed by atoms with Crippen LogP contribution >= 0.6 is 0 Å². The number of fused-ring (bicyclic) bond motifs is 1. The van der Waals surface area contributed by atoms with Crippen molar-refractivity contribution >= 4 is 5.65 Å². The minimum Gasteiger partial charge on any atom is -0.493 e. The molecule has 0 aliphatic heterocycles. The fourth-order valence-electron chi connectivity index (χ4n) is 2.09. The van der Waals surface area contributed by atoms with E-state index in [0.29, 0.717) is 5.56 Å². The van der Waals surface area contributed by atoms with Crippen LogP contribution in [0.15, 0.2) is 35.3 Å². The van der Waals surface area contributed by atoms with Crippen molar-refractivity contribution in [2.45, 2.75) is 6.42 Å². The number of hydrogen-bond donors (Lipinski definition) is 2. The highest BCUT2D eigenvalue weighted by Gasteiger charge is 2.15. The quantitative estimate of drug-likeness (QED) is 0.742. The molecule has 0 atom stereocenters. The van der Waals surface area contributed by atoms with Crippen LogP contribution in [0, 0.1) is 17.1 Å². The van der Waals surface area contributed by atoms with Crippen LogP contribution in [-0.2, 0) is 6.42 Å². The standard InChI is InChI=1S/C14H9FN4O2/c15-10-3-1-8(2-4-10)5-11-13(20)18-12-9(6-16)7-17-19(12)14(11)21/h1-4,7,21H,5H2,(H,18,20). The normalized spacial score (nSPS) is 10.7. The molecule has 1 aromatic carbocycles. The molecule has 0 aliphatic rings. The fourth-order valence-corrected chi connectivity index (χ4v) is 2.09. The third-order valence-electron chi connectivity index (χ3n) is 3.16. The number of H-pyrrole nitrogens is 1. The van der Waals surface area contributed by atoms with E-state index in [2.05, 4.69) is 10.1 Å². The smallest absolute Gasteiger partial charge is 0.258 e. The molecule has 0 saturated carbocycles. The van der Waals surface area contributed by atoms with Crippen LogP contribution in [0.1, 0.15) is 16.7 Å². The van der Waals surface area contributed by atoms with E-state index in [1.807, 2.05) is 6.07 Å². The maximum absolute atomic E-state index is 12.9. The van der Waals surface area contributed by atoms with Gasteiger partial charge in [0.2, 0.25) is 5.88 Å². The van der Waals surface area contributed by atoms with Gasteiger partial charge in [0, 0.05) is 6.42 Å². The molecular formula is C14H9FN4O2. The zero-order valence-corrected chi connectivity index (χ0v) is 10.7. The molecule has 0 spiro atoms. The zero-order valence-electron chi connectivity index (χ0n) is 10.7. The number of halogens is 1. The van der Waals surface area contributed by atoms with E-state index < -0.39 is 5.56 Å². The van der Waals surface area contributed by atoms with Crippen molar-refractivity contribution in [3.05, 3.63) is 63.3 Å². The molecule has 2 N–H and O–H groups in total. The van der Waals surface area contributed by atoms with Gasteiger partial charge in [0.1, 0.15) is 17.4 Å². The van der Waals surface area contributed by atoms with Crippen LogP contribution in [-0.4, -0.2) is 19.7 Å². The van der Waals surface area contributed by atoms with Gasteiger partial charge >= 0.3 is 0 Å². The topological polar surface area (TPSA) is 94.2 Å². The Bertz CT molecular complexity index is 919. The summed E-state index contributed by atoms with van der Waals surface area (Å²) < 4.78 is 14.0. The molecule has 0 fully saturated rings. The van der Waals surface area contributed by atoms with Crippen molar-refractivity contribution < 1.29 is 9.50 Å². The molecule has 0 amide bonds. The summed E-state index contributed by atoms with van der Waals surface area (Å²) in [7, 11) is 0. The van der Waals surface area contributed by atoms with E-state index >= 15 is 0 Å². The van der Waals surface area contributed by atoms with Crippen molar-refractivity contribution in [1.29, 1.82) is 5.26 Å². The molecule has 21 heavy (non-hydrogen) atoms. The van der Waals surface area contributed by atoms with Crippen LogP contribution in [0.4, 0.5) is 4.39 Å². The number of nitrogens with one attached hydrogen (secondary N) is 1. The zero-order chi connectivity index (χ0) is 15.0. The Morgan fingerprint density at radius 2 is 2.10 bits per heavy atom. The molecule has 0 radical (unpaired) electrons. The van der Waals surface area contributed by atoms with E-state index in [9.17, 15) is 14.3 Å². The first-order valence-corrected chi connectivity index (χ1v) is 6.06. The van der Waals surface area contributed by atoms with Gasteiger partial charge in [0.15, 0.2) is 5.65 Å². The van der Waals surface area contributed by atoms with Gasteiger partial charge in [0.25, 0.3) is 5.56 Å². The second-order valence-electron chi connectivity index (χ2n) is 4.49. The summed E-state index contributed by atoms with van der Waals surface area (Å²) in [6, 6.07) is 7.49. The van der Waals surface area contributed by atoms with Crippen molar-refractivity contribution in [1.82, 2.24) is 14.6 Å². The third kappa shape index (κ3) is 2.12. The van der Waals surface area contributed by atoms with Crippen LogP contribution in [0.3, 0.4) is 0 Å². The van der Waals surface area contributed by atoms with Crippen molar-refractivity contribution in [2.75, 3.05) is 0 Å². The highest BCUT2D eigenvalue weighted by Crippen LogP contribution is 2.19. The van der Waals surface area contributed by atoms with Crippen LogP contribution in [0.2, 0.25) is 0 Å². The van der Waals surface area contributed by atoms with Crippen LogP contribution in [0.25, 0.3) is 5.65 Å². The Labute approximate surface area is 117 Å². The van der Waals surface area contributed by atoms with Gasteiger partial charge in [-0.2, -0.15) is 14.9 Å². The molecule has 2 aromatic heterocycles.